The number of alkyl halides is 3. The van der Waals surface area contributed by atoms with Crippen LogP contribution in [0.4, 0.5) is 13.2 Å². The zero-order valence-corrected chi connectivity index (χ0v) is 13.1. The summed E-state index contributed by atoms with van der Waals surface area (Å²) in [6.45, 7) is 3.25. The van der Waals surface area contributed by atoms with E-state index in [1.165, 1.54) is 0 Å². The van der Waals surface area contributed by atoms with E-state index in [0.717, 1.165) is 51.5 Å². The molecular formula is C16H20ClF3N2. The van der Waals surface area contributed by atoms with Gasteiger partial charge in [0.05, 0.1) is 5.56 Å². The third-order valence-corrected chi connectivity index (χ3v) is 5.02. The van der Waals surface area contributed by atoms with Crippen molar-refractivity contribution < 1.29 is 13.2 Å². The van der Waals surface area contributed by atoms with Crippen LogP contribution in [0.3, 0.4) is 0 Å². The van der Waals surface area contributed by atoms with Crippen molar-refractivity contribution in [3.63, 3.8) is 0 Å². The largest absolute Gasteiger partial charge is 0.416 e. The normalized spacial score (nSPS) is 22.4. The van der Waals surface area contributed by atoms with E-state index < -0.39 is 11.7 Å². The molecule has 0 amide bonds. The minimum Gasteiger partial charge on any atom is -0.314 e. The van der Waals surface area contributed by atoms with Gasteiger partial charge >= 0.3 is 6.18 Å². The van der Waals surface area contributed by atoms with E-state index in [2.05, 4.69) is 10.2 Å². The van der Waals surface area contributed by atoms with E-state index in [1.807, 2.05) is 0 Å². The van der Waals surface area contributed by atoms with Gasteiger partial charge in [0.25, 0.3) is 0 Å². The standard InChI is InChI=1S/C16H20ClF3N2/c17-12-4-5-13(14(10-12)16(18,19)20)15(11-2-1-3-11)22-8-6-21-7-9-22/h4-5,10-11,15,21H,1-3,6-9H2/t15-/m1/s1. The lowest BCUT2D eigenvalue weighted by molar-refractivity contribution is -0.139. The first-order chi connectivity index (χ1) is 10.5. The lowest BCUT2D eigenvalue weighted by Gasteiger charge is -2.44. The van der Waals surface area contributed by atoms with Crippen LogP contribution >= 0.6 is 11.6 Å². The molecule has 1 aromatic carbocycles. The number of hydrogen-bond acceptors (Lipinski definition) is 2. The predicted molar refractivity (Wildman–Crippen MR) is 81.0 cm³/mol. The molecule has 0 spiro atoms. The second-order valence-corrected chi connectivity index (χ2v) is 6.59. The van der Waals surface area contributed by atoms with Gasteiger partial charge in [-0.05, 0) is 36.5 Å². The van der Waals surface area contributed by atoms with Crippen molar-refractivity contribution in [1.82, 2.24) is 10.2 Å². The highest BCUT2D eigenvalue weighted by Crippen LogP contribution is 2.46. The quantitative estimate of drug-likeness (QED) is 0.896. The van der Waals surface area contributed by atoms with Crippen LogP contribution in [0.15, 0.2) is 18.2 Å². The average Bonchev–Trinajstić information content (AvgIpc) is 2.43. The van der Waals surface area contributed by atoms with Crippen LogP contribution in [0.1, 0.15) is 36.4 Å². The minimum atomic E-state index is -4.36. The molecule has 1 saturated carbocycles. The molecule has 6 heteroatoms. The van der Waals surface area contributed by atoms with E-state index in [9.17, 15) is 13.2 Å². The number of piperazine rings is 1. The van der Waals surface area contributed by atoms with Crippen molar-refractivity contribution in [2.45, 2.75) is 31.5 Å². The minimum absolute atomic E-state index is 0.142. The summed E-state index contributed by atoms with van der Waals surface area (Å²) in [5, 5.41) is 3.41. The van der Waals surface area contributed by atoms with Crippen LogP contribution in [-0.2, 0) is 6.18 Å². The molecule has 2 fully saturated rings. The second-order valence-electron chi connectivity index (χ2n) is 6.15. The number of nitrogens with one attached hydrogen (secondary N) is 1. The SMILES string of the molecule is FC(F)(F)c1cc(Cl)ccc1[C@@H](C1CCC1)N1CCNCC1. The molecule has 2 aliphatic rings. The molecule has 0 radical (unpaired) electrons. The van der Waals surface area contributed by atoms with Crippen LogP contribution < -0.4 is 5.32 Å². The first-order valence-corrected chi connectivity index (χ1v) is 8.16. The Hall–Kier alpha value is -0.780. The van der Waals surface area contributed by atoms with Gasteiger partial charge in [-0.1, -0.05) is 24.1 Å². The van der Waals surface area contributed by atoms with E-state index in [1.54, 1.807) is 12.1 Å². The van der Waals surface area contributed by atoms with Crippen LogP contribution in [0.5, 0.6) is 0 Å². The molecule has 1 saturated heterocycles. The lowest BCUT2D eigenvalue weighted by atomic mass is 9.75. The molecule has 0 unspecified atom stereocenters. The molecule has 1 atom stereocenters. The number of benzene rings is 1. The fourth-order valence-corrected chi connectivity index (χ4v) is 3.67. The molecular weight excluding hydrogens is 313 g/mol. The number of rotatable bonds is 3. The molecule has 1 aliphatic carbocycles. The van der Waals surface area contributed by atoms with Crippen molar-refractivity contribution >= 4 is 11.6 Å². The molecule has 1 aliphatic heterocycles. The summed E-state index contributed by atoms with van der Waals surface area (Å²) in [5.74, 6) is 0.320. The Kier molecular flexibility index (Phi) is 4.67. The average molecular weight is 333 g/mol. The third kappa shape index (κ3) is 3.26. The van der Waals surface area contributed by atoms with Gasteiger partial charge in [0.2, 0.25) is 0 Å². The van der Waals surface area contributed by atoms with Crippen molar-refractivity contribution in [2.75, 3.05) is 26.2 Å². The summed E-state index contributed by atoms with van der Waals surface area (Å²) >= 11 is 5.82. The maximum atomic E-state index is 13.5. The lowest BCUT2D eigenvalue weighted by Crippen LogP contribution is -2.48. The summed E-state index contributed by atoms with van der Waals surface area (Å²) in [7, 11) is 0. The number of nitrogens with zero attached hydrogens (tertiary/aromatic N) is 1. The Balaban J connectivity index is 2.00. The monoisotopic (exact) mass is 332 g/mol. The maximum Gasteiger partial charge on any atom is 0.416 e. The van der Waals surface area contributed by atoms with Crippen molar-refractivity contribution in [2.24, 2.45) is 5.92 Å². The van der Waals surface area contributed by atoms with Crippen molar-refractivity contribution in [3.8, 4) is 0 Å². The summed E-state index contributed by atoms with van der Waals surface area (Å²) in [5.41, 5.74) is -0.182. The summed E-state index contributed by atoms with van der Waals surface area (Å²) in [6.07, 6.45) is -1.23. The van der Waals surface area contributed by atoms with Gasteiger partial charge in [0, 0.05) is 37.2 Å². The van der Waals surface area contributed by atoms with Gasteiger partial charge < -0.3 is 5.32 Å². The van der Waals surface area contributed by atoms with Crippen LogP contribution in [0.2, 0.25) is 5.02 Å². The van der Waals surface area contributed by atoms with Gasteiger partial charge in [-0.15, -0.1) is 0 Å². The molecule has 122 valence electrons. The van der Waals surface area contributed by atoms with Crippen LogP contribution in [0, 0.1) is 5.92 Å². The highest BCUT2D eigenvalue weighted by Gasteiger charge is 2.40. The van der Waals surface area contributed by atoms with Gasteiger partial charge in [0.1, 0.15) is 0 Å². The molecule has 22 heavy (non-hydrogen) atoms. The Morgan fingerprint density at radius 3 is 2.41 bits per heavy atom. The van der Waals surface area contributed by atoms with Crippen LogP contribution in [0.25, 0.3) is 0 Å². The maximum absolute atomic E-state index is 13.5. The zero-order chi connectivity index (χ0) is 15.7. The fourth-order valence-electron chi connectivity index (χ4n) is 3.50. The highest BCUT2D eigenvalue weighted by molar-refractivity contribution is 6.30. The summed E-state index contributed by atoms with van der Waals surface area (Å²) in [4.78, 5) is 2.21. The van der Waals surface area contributed by atoms with Gasteiger partial charge in [-0.3, -0.25) is 4.90 Å². The van der Waals surface area contributed by atoms with Gasteiger partial charge in [-0.25, -0.2) is 0 Å². The molecule has 0 aromatic heterocycles. The smallest absolute Gasteiger partial charge is 0.314 e. The van der Waals surface area contributed by atoms with Crippen LogP contribution in [-0.4, -0.2) is 31.1 Å². The van der Waals surface area contributed by atoms with Gasteiger partial charge in [0.15, 0.2) is 0 Å². The van der Waals surface area contributed by atoms with E-state index in [4.69, 9.17) is 11.6 Å². The van der Waals surface area contributed by atoms with E-state index in [-0.39, 0.29) is 11.1 Å². The molecule has 0 bridgehead atoms. The zero-order valence-electron chi connectivity index (χ0n) is 12.3. The molecule has 2 nitrogen and oxygen atoms in total. The summed E-state index contributed by atoms with van der Waals surface area (Å²) in [6, 6.07) is 4.09. The Labute approximate surface area is 133 Å². The van der Waals surface area contributed by atoms with E-state index in [0.29, 0.717) is 11.5 Å². The van der Waals surface area contributed by atoms with Gasteiger partial charge in [-0.2, -0.15) is 13.2 Å². The molecule has 3 rings (SSSR count). The summed E-state index contributed by atoms with van der Waals surface area (Å²) < 4.78 is 40.4. The first-order valence-electron chi connectivity index (χ1n) is 7.78. The first kappa shape index (κ1) is 16.1. The molecule has 1 N–H and O–H groups in total. The predicted octanol–water partition coefficient (Wildman–Crippen LogP) is 4.11. The highest BCUT2D eigenvalue weighted by atomic mass is 35.5. The Bertz CT molecular complexity index is 523. The third-order valence-electron chi connectivity index (χ3n) is 4.78. The topological polar surface area (TPSA) is 15.3 Å². The number of halogens is 4. The Morgan fingerprint density at radius 2 is 1.86 bits per heavy atom. The molecule has 1 heterocycles. The van der Waals surface area contributed by atoms with E-state index >= 15 is 0 Å². The second kappa shape index (κ2) is 6.38. The Morgan fingerprint density at radius 1 is 1.18 bits per heavy atom. The molecule has 1 aromatic rings. The van der Waals surface area contributed by atoms with Crippen molar-refractivity contribution in [3.05, 3.63) is 34.3 Å². The number of hydrogen-bond donors (Lipinski definition) is 1. The fraction of sp³-hybridized carbons (Fsp3) is 0.625. The van der Waals surface area contributed by atoms with Crippen molar-refractivity contribution in [1.29, 1.82) is 0 Å².